The van der Waals surface area contributed by atoms with Gasteiger partial charge in [0.15, 0.2) is 0 Å². The Morgan fingerprint density at radius 3 is 2.50 bits per heavy atom. The minimum Gasteiger partial charge on any atom is -0.383 e. The molecule has 0 bridgehead atoms. The molecule has 20 heavy (non-hydrogen) atoms. The lowest BCUT2D eigenvalue weighted by atomic mass is 10.1. The van der Waals surface area contributed by atoms with Crippen molar-refractivity contribution in [3.63, 3.8) is 0 Å². The van der Waals surface area contributed by atoms with E-state index in [2.05, 4.69) is 5.32 Å². The Kier molecular flexibility index (Phi) is 6.42. The van der Waals surface area contributed by atoms with Crippen molar-refractivity contribution in [1.82, 2.24) is 5.32 Å². The minimum atomic E-state index is -4.54. The van der Waals surface area contributed by atoms with Crippen LogP contribution in [0.25, 0.3) is 0 Å². The monoisotopic (exact) mass is 293 g/mol. The smallest absolute Gasteiger partial charge is 0.383 e. The van der Waals surface area contributed by atoms with E-state index in [0.717, 1.165) is 25.0 Å². The van der Waals surface area contributed by atoms with E-state index < -0.39 is 17.6 Å². The molecule has 1 N–H and O–H groups in total. The number of benzene rings is 1. The lowest BCUT2D eigenvalue weighted by Crippen LogP contribution is -2.32. The summed E-state index contributed by atoms with van der Waals surface area (Å²) >= 11 is 0. The third-order valence-corrected chi connectivity index (χ3v) is 2.88. The number of hydrogen-bond acceptors (Lipinski definition) is 2. The van der Waals surface area contributed by atoms with Crippen LogP contribution in [0.5, 0.6) is 0 Å². The van der Waals surface area contributed by atoms with Crippen LogP contribution in [0, 0.1) is 5.82 Å². The quantitative estimate of drug-likeness (QED) is 0.773. The fraction of sp³-hybridized carbons (Fsp3) is 0.571. The Balaban J connectivity index is 2.74. The maximum atomic E-state index is 13.2. The molecule has 1 unspecified atom stereocenters. The number of rotatable bonds is 7. The van der Waals surface area contributed by atoms with E-state index in [4.69, 9.17) is 4.74 Å². The molecule has 0 fully saturated rings. The van der Waals surface area contributed by atoms with E-state index in [9.17, 15) is 17.6 Å². The lowest BCUT2D eigenvalue weighted by Gasteiger charge is -2.17. The van der Waals surface area contributed by atoms with Crippen LogP contribution in [0.1, 0.15) is 30.9 Å². The summed E-state index contributed by atoms with van der Waals surface area (Å²) in [5.41, 5.74) is -0.692. The van der Waals surface area contributed by atoms with E-state index in [1.165, 1.54) is 0 Å². The highest BCUT2D eigenvalue weighted by molar-refractivity contribution is 5.26. The van der Waals surface area contributed by atoms with Gasteiger partial charge in [-0.05, 0) is 30.2 Å². The SMILES string of the molecule is CCCC(COC)NCc1cc(F)cc(C(F)(F)F)c1. The van der Waals surface area contributed by atoms with Crippen LogP contribution in [0.2, 0.25) is 0 Å². The summed E-state index contributed by atoms with van der Waals surface area (Å²) in [7, 11) is 1.56. The minimum absolute atomic E-state index is 0.0441. The molecular weight excluding hydrogens is 274 g/mol. The fourth-order valence-corrected chi connectivity index (χ4v) is 1.97. The Labute approximate surface area is 116 Å². The van der Waals surface area contributed by atoms with Gasteiger partial charge in [-0.25, -0.2) is 4.39 Å². The highest BCUT2D eigenvalue weighted by Crippen LogP contribution is 2.30. The molecule has 114 valence electrons. The van der Waals surface area contributed by atoms with Gasteiger partial charge in [-0.2, -0.15) is 13.2 Å². The van der Waals surface area contributed by atoms with Crippen molar-refractivity contribution in [3.05, 3.63) is 35.1 Å². The van der Waals surface area contributed by atoms with Crippen LogP contribution in [0.4, 0.5) is 17.6 Å². The number of methoxy groups -OCH3 is 1. The van der Waals surface area contributed by atoms with Gasteiger partial charge in [0.2, 0.25) is 0 Å². The fourth-order valence-electron chi connectivity index (χ4n) is 1.97. The summed E-state index contributed by atoms with van der Waals surface area (Å²) in [5, 5.41) is 3.08. The summed E-state index contributed by atoms with van der Waals surface area (Å²) in [4.78, 5) is 0. The summed E-state index contributed by atoms with van der Waals surface area (Å²) in [6.45, 7) is 2.65. The Morgan fingerprint density at radius 1 is 1.25 bits per heavy atom. The van der Waals surface area contributed by atoms with Gasteiger partial charge < -0.3 is 10.1 Å². The third-order valence-electron chi connectivity index (χ3n) is 2.88. The van der Waals surface area contributed by atoms with Gasteiger partial charge in [-0.1, -0.05) is 13.3 Å². The van der Waals surface area contributed by atoms with Crippen molar-refractivity contribution >= 4 is 0 Å². The predicted octanol–water partition coefficient (Wildman–Crippen LogP) is 3.75. The molecule has 1 aromatic carbocycles. The zero-order chi connectivity index (χ0) is 15.2. The highest BCUT2D eigenvalue weighted by atomic mass is 19.4. The summed E-state index contributed by atoms with van der Waals surface area (Å²) in [5.74, 6) is -0.879. The van der Waals surface area contributed by atoms with E-state index in [0.29, 0.717) is 12.7 Å². The van der Waals surface area contributed by atoms with E-state index >= 15 is 0 Å². The standard InChI is InChI=1S/C14H19F4NO/c1-3-4-13(9-20-2)19-8-10-5-11(14(16,17)18)7-12(15)6-10/h5-7,13,19H,3-4,8-9H2,1-2H3. The normalized spacial score (nSPS) is 13.5. The van der Waals surface area contributed by atoms with Gasteiger partial charge in [0.05, 0.1) is 12.2 Å². The molecule has 1 aromatic rings. The number of nitrogens with one attached hydrogen (secondary N) is 1. The molecule has 2 nitrogen and oxygen atoms in total. The first kappa shape index (κ1) is 16.9. The van der Waals surface area contributed by atoms with Crippen molar-refractivity contribution in [3.8, 4) is 0 Å². The first-order valence-corrected chi connectivity index (χ1v) is 6.45. The zero-order valence-corrected chi connectivity index (χ0v) is 11.6. The molecular formula is C14H19F4NO. The first-order chi connectivity index (χ1) is 9.36. The molecule has 0 heterocycles. The number of alkyl halides is 3. The molecule has 0 aliphatic rings. The maximum absolute atomic E-state index is 13.2. The van der Waals surface area contributed by atoms with Crippen LogP contribution in [-0.4, -0.2) is 19.8 Å². The largest absolute Gasteiger partial charge is 0.416 e. The Bertz CT molecular complexity index is 414. The molecule has 1 atom stereocenters. The average Bonchev–Trinajstić information content (AvgIpc) is 2.35. The van der Waals surface area contributed by atoms with E-state index in [1.54, 1.807) is 7.11 Å². The van der Waals surface area contributed by atoms with Gasteiger partial charge in [0, 0.05) is 19.7 Å². The van der Waals surface area contributed by atoms with E-state index in [1.807, 2.05) is 6.92 Å². The van der Waals surface area contributed by atoms with Gasteiger partial charge in [0.1, 0.15) is 5.82 Å². The second-order valence-electron chi connectivity index (χ2n) is 4.67. The van der Waals surface area contributed by atoms with Crippen LogP contribution in [-0.2, 0) is 17.5 Å². The zero-order valence-electron chi connectivity index (χ0n) is 11.6. The molecule has 0 radical (unpaired) electrons. The number of ether oxygens (including phenoxy) is 1. The third kappa shape index (κ3) is 5.46. The van der Waals surface area contributed by atoms with Crippen LogP contribution >= 0.6 is 0 Å². The molecule has 0 amide bonds. The van der Waals surface area contributed by atoms with Crippen molar-refractivity contribution in [2.75, 3.05) is 13.7 Å². The molecule has 1 rings (SSSR count). The second kappa shape index (κ2) is 7.59. The van der Waals surface area contributed by atoms with Crippen molar-refractivity contribution < 1.29 is 22.3 Å². The number of halogens is 4. The van der Waals surface area contributed by atoms with Crippen molar-refractivity contribution in [2.24, 2.45) is 0 Å². The predicted molar refractivity (Wildman–Crippen MR) is 68.8 cm³/mol. The molecule has 0 saturated heterocycles. The van der Waals surface area contributed by atoms with E-state index in [-0.39, 0.29) is 18.2 Å². The molecule has 0 aliphatic carbocycles. The summed E-state index contributed by atoms with van der Waals surface area (Å²) in [6.07, 6.45) is -2.76. The van der Waals surface area contributed by atoms with Crippen LogP contribution in [0.3, 0.4) is 0 Å². The van der Waals surface area contributed by atoms with Gasteiger partial charge in [-0.15, -0.1) is 0 Å². The second-order valence-corrected chi connectivity index (χ2v) is 4.67. The van der Waals surface area contributed by atoms with Crippen molar-refractivity contribution in [2.45, 2.75) is 38.5 Å². The van der Waals surface area contributed by atoms with Crippen molar-refractivity contribution in [1.29, 1.82) is 0 Å². The van der Waals surface area contributed by atoms with Gasteiger partial charge >= 0.3 is 6.18 Å². The topological polar surface area (TPSA) is 21.3 Å². The number of hydrogen-bond donors (Lipinski definition) is 1. The lowest BCUT2D eigenvalue weighted by molar-refractivity contribution is -0.137. The van der Waals surface area contributed by atoms with Crippen LogP contribution < -0.4 is 5.32 Å². The average molecular weight is 293 g/mol. The van der Waals surface area contributed by atoms with Gasteiger partial charge in [0.25, 0.3) is 0 Å². The Hall–Kier alpha value is -1.14. The molecule has 0 aliphatic heterocycles. The van der Waals surface area contributed by atoms with Gasteiger partial charge in [-0.3, -0.25) is 0 Å². The molecule has 0 spiro atoms. The molecule has 0 aromatic heterocycles. The highest BCUT2D eigenvalue weighted by Gasteiger charge is 2.31. The summed E-state index contributed by atoms with van der Waals surface area (Å²) in [6, 6.07) is 2.62. The van der Waals surface area contributed by atoms with Crippen LogP contribution in [0.15, 0.2) is 18.2 Å². The molecule has 6 heteroatoms. The maximum Gasteiger partial charge on any atom is 0.416 e. The molecule has 0 saturated carbocycles. The Morgan fingerprint density at radius 2 is 1.95 bits per heavy atom. The summed E-state index contributed by atoms with van der Waals surface area (Å²) < 4.78 is 56.0. The first-order valence-electron chi connectivity index (χ1n) is 6.45.